The van der Waals surface area contributed by atoms with Crippen LogP contribution in [0.4, 0.5) is 0 Å². The maximum Gasteiger partial charge on any atom is 0.223 e. The van der Waals surface area contributed by atoms with E-state index in [1.165, 1.54) is 49.9 Å². The lowest BCUT2D eigenvalue weighted by molar-refractivity contribution is -0.125. The molecule has 1 N–H and O–H groups in total. The smallest absolute Gasteiger partial charge is 0.223 e. The summed E-state index contributed by atoms with van der Waals surface area (Å²) in [5, 5.41) is 3.06. The van der Waals surface area contributed by atoms with Gasteiger partial charge in [0.2, 0.25) is 5.91 Å². The van der Waals surface area contributed by atoms with Gasteiger partial charge in [0.05, 0.1) is 0 Å². The molecule has 1 fully saturated rings. The largest absolute Gasteiger partial charge is 0.352 e. The topological polar surface area (TPSA) is 32.3 Å². The highest BCUT2D eigenvalue weighted by Gasteiger charge is 2.13. The summed E-state index contributed by atoms with van der Waals surface area (Å²) in [6.07, 6.45) is 7.26. The molecule has 0 unspecified atom stereocenters. The molecule has 23 heavy (non-hydrogen) atoms. The van der Waals surface area contributed by atoms with Crippen LogP contribution in [0.3, 0.4) is 0 Å². The van der Waals surface area contributed by atoms with Crippen LogP contribution in [-0.2, 0) is 17.9 Å². The van der Waals surface area contributed by atoms with Crippen molar-refractivity contribution < 1.29 is 4.79 Å². The minimum absolute atomic E-state index is 0.150. The lowest BCUT2D eigenvalue weighted by Crippen LogP contribution is -2.29. The summed E-state index contributed by atoms with van der Waals surface area (Å²) in [5.74, 6) is 0.334. The molecular formula is C20H32N2O. The molecule has 1 saturated heterocycles. The van der Waals surface area contributed by atoms with E-state index in [2.05, 4.69) is 48.3 Å². The summed E-state index contributed by atoms with van der Waals surface area (Å²) in [6.45, 7) is 8.30. The number of benzene rings is 1. The number of hydrogen-bond acceptors (Lipinski definition) is 2. The monoisotopic (exact) mass is 316 g/mol. The Morgan fingerprint density at radius 1 is 1.00 bits per heavy atom. The van der Waals surface area contributed by atoms with Crippen molar-refractivity contribution in [1.82, 2.24) is 10.2 Å². The summed E-state index contributed by atoms with van der Waals surface area (Å²) < 4.78 is 0. The minimum atomic E-state index is 0.150. The molecule has 0 bridgehead atoms. The Kier molecular flexibility index (Phi) is 7.60. The maximum atomic E-state index is 12.0. The quantitative estimate of drug-likeness (QED) is 0.821. The lowest BCUT2D eigenvalue weighted by atomic mass is 10.0. The predicted octanol–water partition coefficient (Wildman–Crippen LogP) is 4.12. The second-order valence-corrected chi connectivity index (χ2v) is 6.74. The summed E-state index contributed by atoms with van der Waals surface area (Å²) in [7, 11) is 0. The van der Waals surface area contributed by atoms with Crippen LogP contribution in [0.15, 0.2) is 24.3 Å². The molecule has 0 saturated carbocycles. The molecular weight excluding hydrogens is 284 g/mol. The number of likely N-dealkylation sites (tertiary alicyclic amines) is 1. The summed E-state index contributed by atoms with van der Waals surface area (Å²) >= 11 is 0. The Morgan fingerprint density at radius 3 is 2.13 bits per heavy atom. The fourth-order valence-electron chi connectivity index (χ4n) is 3.31. The van der Waals surface area contributed by atoms with Gasteiger partial charge in [-0.15, -0.1) is 0 Å². The second kappa shape index (κ2) is 9.71. The second-order valence-electron chi connectivity index (χ2n) is 6.74. The molecule has 0 aromatic heterocycles. The first-order valence-corrected chi connectivity index (χ1v) is 9.30. The number of nitrogens with one attached hydrogen (secondary N) is 1. The van der Waals surface area contributed by atoms with Gasteiger partial charge >= 0.3 is 0 Å². The van der Waals surface area contributed by atoms with E-state index in [0.29, 0.717) is 6.54 Å². The Balaban J connectivity index is 1.80. The van der Waals surface area contributed by atoms with Crippen molar-refractivity contribution in [3.05, 3.63) is 35.4 Å². The fourth-order valence-corrected chi connectivity index (χ4v) is 3.31. The number of hydrogen-bond donors (Lipinski definition) is 1. The SMILES string of the molecule is CCC(CC)C(=O)NCc1ccc(CN2CCCCCC2)cc1. The molecule has 1 aliphatic rings. The predicted molar refractivity (Wildman–Crippen MR) is 96.1 cm³/mol. The average molecular weight is 316 g/mol. The van der Waals surface area contributed by atoms with Gasteiger partial charge < -0.3 is 5.32 Å². The first kappa shape index (κ1) is 18.0. The minimum Gasteiger partial charge on any atom is -0.352 e. The molecule has 3 nitrogen and oxygen atoms in total. The molecule has 1 heterocycles. The standard InChI is InChI=1S/C20H32N2O/c1-3-19(4-2)20(23)21-15-17-9-11-18(12-10-17)16-22-13-7-5-6-8-14-22/h9-12,19H,3-8,13-16H2,1-2H3,(H,21,23). The van der Waals surface area contributed by atoms with Gasteiger partial charge in [0.25, 0.3) is 0 Å². The maximum absolute atomic E-state index is 12.0. The Hall–Kier alpha value is -1.35. The number of nitrogens with zero attached hydrogens (tertiary/aromatic N) is 1. The first-order valence-electron chi connectivity index (χ1n) is 9.30. The highest BCUT2D eigenvalue weighted by Crippen LogP contribution is 2.14. The van der Waals surface area contributed by atoms with E-state index in [4.69, 9.17) is 0 Å². The molecule has 1 aliphatic heterocycles. The third-order valence-electron chi connectivity index (χ3n) is 4.95. The Bertz CT molecular complexity index is 457. The van der Waals surface area contributed by atoms with Gasteiger partial charge in [-0.2, -0.15) is 0 Å². The number of amides is 1. The van der Waals surface area contributed by atoms with E-state index < -0.39 is 0 Å². The van der Waals surface area contributed by atoms with Crippen LogP contribution in [0.5, 0.6) is 0 Å². The molecule has 2 rings (SSSR count). The van der Waals surface area contributed by atoms with Crippen molar-refractivity contribution in [3.63, 3.8) is 0 Å². The van der Waals surface area contributed by atoms with Crippen LogP contribution in [0, 0.1) is 5.92 Å². The van der Waals surface area contributed by atoms with Crippen molar-refractivity contribution in [2.45, 2.75) is 65.5 Å². The molecule has 3 heteroatoms. The summed E-state index contributed by atoms with van der Waals surface area (Å²) in [5.41, 5.74) is 2.56. The van der Waals surface area contributed by atoms with Crippen molar-refractivity contribution >= 4 is 5.91 Å². The van der Waals surface area contributed by atoms with Gasteiger partial charge in [0, 0.05) is 19.0 Å². The molecule has 1 aromatic carbocycles. The lowest BCUT2D eigenvalue weighted by Gasteiger charge is -2.20. The number of rotatable bonds is 7. The number of carbonyl (C=O) groups excluding carboxylic acids is 1. The van der Waals surface area contributed by atoms with Crippen LogP contribution in [0.2, 0.25) is 0 Å². The van der Waals surface area contributed by atoms with Gasteiger partial charge in [-0.05, 0) is 49.9 Å². The molecule has 0 spiro atoms. The van der Waals surface area contributed by atoms with Gasteiger partial charge in [0.15, 0.2) is 0 Å². The van der Waals surface area contributed by atoms with Gasteiger partial charge in [-0.1, -0.05) is 51.0 Å². The van der Waals surface area contributed by atoms with E-state index in [1.54, 1.807) is 0 Å². The van der Waals surface area contributed by atoms with E-state index >= 15 is 0 Å². The van der Waals surface area contributed by atoms with Crippen LogP contribution in [-0.4, -0.2) is 23.9 Å². The summed E-state index contributed by atoms with van der Waals surface area (Å²) in [6, 6.07) is 8.73. The van der Waals surface area contributed by atoms with E-state index in [1.807, 2.05) is 0 Å². The van der Waals surface area contributed by atoms with Gasteiger partial charge in [0.1, 0.15) is 0 Å². The molecule has 1 amide bonds. The van der Waals surface area contributed by atoms with E-state index in [0.717, 1.165) is 19.4 Å². The molecule has 1 aromatic rings. The Morgan fingerprint density at radius 2 is 1.57 bits per heavy atom. The van der Waals surface area contributed by atoms with Crippen LogP contribution in [0.1, 0.15) is 63.5 Å². The molecule has 128 valence electrons. The van der Waals surface area contributed by atoms with Crippen molar-refractivity contribution in [2.24, 2.45) is 5.92 Å². The van der Waals surface area contributed by atoms with Gasteiger partial charge in [-0.25, -0.2) is 0 Å². The van der Waals surface area contributed by atoms with Crippen molar-refractivity contribution in [2.75, 3.05) is 13.1 Å². The first-order chi connectivity index (χ1) is 11.2. The van der Waals surface area contributed by atoms with Crippen molar-refractivity contribution in [1.29, 1.82) is 0 Å². The van der Waals surface area contributed by atoms with E-state index in [9.17, 15) is 4.79 Å². The molecule has 0 atom stereocenters. The third-order valence-corrected chi connectivity index (χ3v) is 4.95. The summed E-state index contributed by atoms with van der Waals surface area (Å²) in [4.78, 5) is 14.6. The normalized spacial score (nSPS) is 16.3. The third kappa shape index (κ3) is 5.98. The van der Waals surface area contributed by atoms with Crippen molar-refractivity contribution in [3.8, 4) is 0 Å². The van der Waals surface area contributed by atoms with E-state index in [-0.39, 0.29) is 11.8 Å². The van der Waals surface area contributed by atoms with Crippen LogP contribution in [0.25, 0.3) is 0 Å². The zero-order valence-corrected chi connectivity index (χ0v) is 14.8. The average Bonchev–Trinajstić information content (AvgIpc) is 2.84. The van der Waals surface area contributed by atoms with Crippen LogP contribution < -0.4 is 5.32 Å². The number of carbonyl (C=O) groups is 1. The van der Waals surface area contributed by atoms with Gasteiger partial charge in [-0.3, -0.25) is 9.69 Å². The van der Waals surface area contributed by atoms with Crippen LogP contribution >= 0.6 is 0 Å². The zero-order valence-electron chi connectivity index (χ0n) is 14.8. The Labute approximate surface area is 141 Å². The fraction of sp³-hybridized carbons (Fsp3) is 0.650. The molecule has 0 aliphatic carbocycles. The highest BCUT2D eigenvalue weighted by molar-refractivity contribution is 5.78. The molecule has 0 radical (unpaired) electrons. The highest BCUT2D eigenvalue weighted by atomic mass is 16.1. The zero-order chi connectivity index (χ0) is 16.5.